The minimum atomic E-state index is -0.365. The molecule has 1 saturated heterocycles. The van der Waals surface area contributed by atoms with Crippen LogP contribution in [0.15, 0.2) is 41.5 Å². The fourth-order valence-corrected chi connectivity index (χ4v) is 3.76. The van der Waals surface area contributed by atoms with Gasteiger partial charge in [-0.1, -0.05) is 6.92 Å². The highest BCUT2D eigenvalue weighted by Gasteiger charge is 2.18. The van der Waals surface area contributed by atoms with Crippen molar-refractivity contribution in [2.24, 2.45) is 16.6 Å². The number of aliphatic imine (C=N–C) groups is 1. The van der Waals surface area contributed by atoms with Crippen LogP contribution in [0.5, 0.6) is 5.75 Å². The summed E-state index contributed by atoms with van der Waals surface area (Å²) in [4.78, 5) is 20.5. The van der Waals surface area contributed by atoms with E-state index >= 15 is 0 Å². The molecule has 0 aliphatic carbocycles. The highest BCUT2D eigenvalue weighted by molar-refractivity contribution is 5.91. The Hall–Kier alpha value is -3.35. The van der Waals surface area contributed by atoms with E-state index in [-0.39, 0.29) is 18.7 Å². The van der Waals surface area contributed by atoms with Crippen LogP contribution in [0.2, 0.25) is 0 Å². The number of benzene rings is 1. The van der Waals surface area contributed by atoms with Gasteiger partial charge < -0.3 is 25.4 Å². The van der Waals surface area contributed by atoms with Crippen LogP contribution in [0.4, 0.5) is 11.5 Å². The van der Waals surface area contributed by atoms with E-state index in [1.807, 2.05) is 41.9 Å². The normalized spacial score (nSPS) is 15.6. The van der Waals surface area contributed by atoms with E-state index in [1.54, 1.807) is 13.1 Å². The lowest BCUT2D eigenvalue weighted by molar-refractivity contribution is -0.145. The van der Waals surface area contributed by atoms with E-state index < -0.39 is 0 Å². The average Bonchev–Trinajstić information content (AvgIpc) is 3.32. The summed E-state index contributed by atoms with van der Waals surface area (Å²) in [5, 5.41) is 7.51. The number of nitrogens with zero attached hydrogens (tertiary/aromatic N) is 5. The van der Waals surface area contributed by atoms with Gasteiger partial charge in [-0.3, -0.25) is 10.7 Å². The maximum Gasteiger partial charge on any atom is 0.344 e. The Morgan fingerprint density at radius 1 is 1.14 bits per heavy atom. The van der Waals surface area contributed by atoms with Crippen molar-refractivity contribution in [3.63, 3.8) is 0 Å². The lowest BCUT2D eigenvalue weighted by Gasteiger charge is -2.36. The van der Waals surface area contributed by atoms with Gasteiger partial charge >= 0.3 is 5.97 Å². The van der Waals surface area contributed by atoms with E-state index in [0.717, 1.165) is 57.2 Å². The zero-order chi connectivity index (χ0) is 25.0. The molecule has 6 N–H and O–H groups in total. The highest BCUT2D eigenvalue weighted by atomic mass is 16.6. The molecule has 0 saturated carbocycles. The Bertz CT molecular complexity index is 936. The Morgan fingerprint density at radius 3 is 2.54 bits per heavy atom. The maximum atomic E-state index is 11.4. The molecule has 0 spiro atoms. The summed E-state index contributed by atoms with van der Waals surface area (Å²) in [5.41, 5.74) is 9.76. The number of hydrogen-bond donors (Lipinski definition) is 4. The molecule has 1 aromatic heterocycles. The number of carbonyl (C=O) groups is 1. The number of hydrazine groups is 1. The van der Waals surface area contributed by atoms with Gasteiger partial charge in [0.2, 0.25) is 0 Å². The van der Waals surface area contributed by atoms with Crippen LogP contribution < -0.4 is 32.0 Å². The Balaban J connectivity index is 1.43. The van der Waals surface area contributed by atoms with Gasteiger partial charge in [-0.2, -0.15) is 5.10 Å². The summed E-state index contributed by atoms with van der Waals surface area (Å²) in [6.07, 6.45) is 2.24. The predicted molar refractivity (Wildman–Crippen MR) is 136 cm³/mol. The molecule has 0 radical (unpaired) electrons. The molecule has 0 bridgehead atoms. The quantitative estimate of drug-likeness (QED) is 0.110. The number of hydrogen-bond acceptors (Lipinski definition) is 9. The molecule has 0 amide bonds. The van der Waals surface area contributed by atoms with Crippen molar-refractivity contribution in [1.29, 1.82) is 0 Å². The first-order valence-corrected chi connectivity index (χ1v) is 12.0. The molecule has 35 heavy (non-hydrogen) atoms. The number of ether oxygens (including phenoxy) is 2. The van der Waals surface area contributed by atoms with E-state index in [2.05, 4.69) is 30.6 Å². The van der Waals surface area contributed by atoms with Gasteiger partial charge in [0.05, 0.1) is 19.3 Å². The molecule has 1 aliphatic heterocycles. The second-order valence-electron chi connectivity index (χ2n) is 8.09. The molecule has 12 heteroatoms. The summed E-state index contributed by atoms with van der Waals surface area (Å²) < 4.78 is 12.2. The number of carbonyl (C=O) groups excluding carboxylic acids is 1. The number of anilines is 2. The lowest BCUT2D eigenvalue weighted by atomic mass is 10.2. The van der Waals surface area contributed by atoms with Crippen molar-refractivity contribution in [3.8, 4) is 5.75 Å². The van der Waals surface area contributed by atoms with E-state index in [4.69, 9.17) is 21.1 Å². The van der Waals surface area contributed by atoms with Gasteiger partial charge in [0.15, 0.2) is 12.6 Å². The second-order valence-corrected chi connectivity index (χ2v) is 8.09. The molecule has 3 rings (SSSR count). The van der Waals surface area contributed by atoms with Crippen molar-refractivity contribution in [1.82, 2.24) is 20.1 Å². The lowest BCUT2D eigenvalue weighted by Crippen LogP contribution is -2.47. The minimum Gasteiger partial charge on any atom is -0.482 e. The van der Waals surface area contributed by atoms with Gasteiger partial charge in [0.25, 0.3) is 0 Å². The Labute approximate surface area is 206 Å². The van der Waals surface area contributed by atoms with Gasteiger partial charge in [-0.15, -0.1) is 0 Å². The van der Waals surface area contributed by atoms with Crippen LogP contribution in [0.25, 0.3) is 0 Å². The first-order valence-electron chi connectivity index (χ1n) is 12.0. The SMILES string of the molecule is CCOC(=O)COc1ccc(N2CCN(CCn3nccc3NC(N)=NC(CC)NN)CC2)cc1. The fraction of sp³-hybridized carbons (Fsp3) is 0.522. The fourth-order valence-electron chi connectivity index (χ4n) is 3.76. The van der Waals surface area contributed by atoms with E-state index in [0.29, 0.717) is 18.3 Å². The smallest absolute Gasteiger partial charge is 0.344 e. The molecular weight excluding hydrogens is 450 g/mol. The molecule has 1 fully saturated rings. The van der Waals surface area contributed by atoms with Crippen LogP contribution in [-0.4, -0.2) is 78.7 Å². The second kappa shape index (κ2) is 13.5. The number of aromatic nitrogens is 2. The maximum absolute atomic E-state index is 11.4. The van der Waals surface area contributed by atoms with Gasteiger partial charge in [-0.25, -0.2) is 19.9 Å². The molecule has 1 unspecified atom stereocenters. The van der Waals surface area contributed by atoms with Crippen molar-refractivity contribution in [2.45, 2.75) is 33.0 Å². The van der Waals surface area contributed by atoms with Gasteiger partial charge in [0, 0.05) is 44.5 Å². The third kappa shape index (κ3) is 8.12. The molecule has 2 aromatic rings. The summed E-state index contributed by atoms with van der Waals surface area (Å²) in [6, 6.07) is 9.68. The molecule has 1 aliphatic rings. The van der Waals surface area contributed by atoms with Crippen LogP contribution in [0, 0.1) is 0 Å². The Morgan fingerprint density at radius 2 is 1.89 bits per heavy atom. The molecule has 192 valence electrons. The number of nitrogens with one attached hydrogen (secondary N) is 2. The zero-order valence-electron chi connectivity index (χ0n) is 20.5. The third-order valence-electron chi connectivity index (χ3n) is 5.71. The van der Waals surface area contributed by atoms with E-state index in [1.165, 1.54) is 0 Å². The number of esters is 1. The summed E-state index contributed by atoms with van der Waals surface area (Å²) in [6.45, 7) is 9.40. The largest absolute Gasteiger partial charge is 0.482 e. The number of nitrogens with two attached hydrogens (primary N) is 2. The monoisotopic (exact) mass is 487 g/mol. The minimum absolute atomic E-state index is 0.0805. The van der Waals surface area contributed by atoms with Crippen molar-refractivity contribution >= 4 is 23.4 Å². The third-order valence-corrected chi connectivity index (χ3v) is 5.71. The van der Waals surface area contributed by atoms with Crippen molar-refractivity contribution in [2.75, 3.05) is 56.2 Å². The molecule has 1 aromatic carbocycles. The predicted octanol–water partition coefficient (Wildman–Crippen LogP) is 0.573. The first kappa shape index (κ1) is 26.3. The highest BCUT2D eigenvalue weighted by Crippen LogP contribution is 2.21. The number of rotatable bonds is 12. The molecule has 12 nitrogen and oxygen atoms in total. The van der Waals surface area contributed by atoms with Crippen LogP contribution in [-0.2, 0) is 16.1 Å². The van der Waals surface area contributed by atoms with Gasteiger partial charge in [-0.05, 0) is 37.6 Å². The summed E-state index contributed by atoms with van der Waals surface area (Å²) >= 11 is 0. The van der Waals surface area contributed by atoms with Crippen LogP contribution >= 0.6 is 0 Å². The summed E-state index contributed by atoms with van der Waals surface area (Å²) in [7, 11) is 0. The first-order chi connectivity index (χ1) is 17.0. The average molecular weight is 488 g/mol. The number of piperazine rings is 1. The molecule has 1 atom stereocenters. The van der Waals surface area contributed by atoms with Gasteiger partial charge in [0.1, 0.15) is 17.7 Å². The van der Waals surface area contributed by atoms with Crippen molar-refractivity contribution in [3.05, 3.63) is 36.5 Å². The van der Waals surface area contributed by atoms with E-state index in [9.17, 15) is 4.79 Å². The Kier molecular flexibility index (Phi) is 10.1. The zero-order valence-corrected chi connectivity index (χ0v) is 20.5. The van der Waals surface area contributed by atoms with Crippen LogP contribution in [0.1, 0.15) is 20.3 Å². The standard InChI is InChI=1S/C23H37N9O3/c1-3-20(29-25)27-23(24)28-21-9-10-26-32(21)16-13-30-11-14-31(15-12-30)18-5-7-19(8-6-18)35-17-22(33)34-4-2/h5-10,20,29H,3-4,11-17,25H2,1-2H3,(H3,24,27,28). The molecular formula is C23H37N9O3. The van der Waals surface area contributed by atoms with Crippen LogP contribution in [0.3, 0.4) is 0 Å². The number of guanidine groups is 1. The summed E-state index contributed by atoms with van der Waals surface area (Å²) in [5.74, 6) is 6.84. The molecule has 2 heterocycles. The topological polar surface area (TPSA) is 148 Å². The van der Waals surface area contributed by atoms with Crippen molar-refractivity contribution < 1.29 is 14.3 Å².